The summed E-state index contributed by atoms with van der Waals surface area (Å²) in [6.07, 6.45) is 2.33. The van der Waals surface area contributed by atoms with Crippen LogP contribution in [0, 0.1) is 0 Å². The van der Waals surface area contributed by atoms with Crippen molar-refractivity contribution in [3.05, 3.63) is 35.9 Å². The van der Waals surface area contributed by atoms with Crippen molar-refractivity contribution in [2.24, 2.45) is 0 Å². The molecule has 0 unspecified atom stereocenters. The van der Waals surface area contributed by atoms with Gasteiger partial charge in [0.15, 0.2) is 11.6 Å². The maximum absolute atomic E-state index is 5.63. The highest BCUT2D eigenvalue weighted by molar-refractivity contribution is 5.65. The Bertz CT molecular complexity index is 529. The van der Waals surface area contributed by atoms with Crippen molar-refractivity contribution in [3.63, 3.8) is 0 Å². The molecular weight excluding hydrogens is 226 g/mol. The van der Waals surface area contributed by atoms with E-state index < -0.39 is 0 Å². The van der Waals surface area contributed by atoms with E-state index in [9.17, 15) is 0 Å². The zero-order valence-corrected chi connectivity index (χ0v) is 10.2. The number of rotatable bonds is 2. The zero-order valence-electron chi connectivity index (χ0n) is 10.2. The molecule has 0 bridgehead atoms. The Morgan fingerprint density at radius 3 is 2.72 bits per heavy atom. The lowest BCUT2D eigenvalue weighted by Gasteiger charge is -2.24. The highest BCUT2D eigenvalue weighted by Gasteiger charge is 2.20. The predicted octanol–water partition coefficient (Wildman–Crippen LogP) is 2.39. The molecule has 3 rings (SSSR count). The van der Waals surface area contributed by atoms with Crippen LogP contribution in [0.3, 0.4) is 0 Å². The number of hydrogen-bond acceptors (Lipinski definition) is 4. The van der Waals surface area contributed by atoms with Crippen LogP contribution >= 0.6 is 0 Å². The van der Waals surface area contributed by atoms with E-state index in [-0.39, 0.29) is 0 Å². The van der Waals surface area contributed by atoms with Gasteiger partial charge in [-0.05, 0) is 37.4 Å². The summed E-state index contributed by atoms with van der Waals surface area (Å²) in [5.74, 6) is 1.79. The number of piperidine rings is 1. The summed E-state index contributed by atoms with van der Waals surface area (Å²) in [6, 6.07) is 10.2. The topological polar surface area (TPSA) is 64.1 Å². The van der Waals surface area contributed by atoms with E-state index in [0.717, 1.165) is 24.4 Å². The van der Waals surface area contributed by atoms with Gasteiger partial charge in [0, 0.05) is 11.6 Å². The summed E-state index contributed by atoms with van der Waals surface area (Å²) in [5.41, 5.74) is 8.09. The number of benzene rings is 1. The molecule has 1 aromatic carbocycles. The summed E-state index contributed by atoms with van der Waals surface area (Å²) in [5, 5.41) is 7.16. The van der Waals surface area contributed by atoms with Gasteiger partial charge in [-0.1, -0.05) is 29.4 Å². The smallest absolute Gasteiger partial charge is 0.169 e. The molecular formula is C14H17N3O. The van der Waals surface area contributed by atoms with Crippen molar-refractivity contribution < 1.29 is 4.52 Å². The molecule has 0 saturated carbocycles. The molecule has 0 atom stereocenters. The minimum absolute atomic E-state index is 0.435. The summed E-state index contributed by atoms with van der Waals surface area (Å²) in [4.78, 5) is 0. The lowest BCUT2D eigenvalue weighted by atomic mass is 9.86. The van der Waals surface area contributed by atoms with Crippen molar-refractivity contribution in [2.45, 2.75) is 18.8 Å². The second-order valence-electron chi connectivity index (χ2n) is 4.73. The minimum Gasteiger partial charge on any atom is -0.381 e. The maximum Gasteiger partial charge on any atom is 0.169 e. The molecule has 2 aromatic rings. The fraction of sp³-hybridized carbons (Fsp3) is 0.357. The highest BCUT2D eigenvalue weighted by Crippen LogP contribution is 2.34. The molecule has 4 nitrogen and oxygen atoms in total. The lowest BCUT2D eigenvalue weighted by molar-refractivity contribution is 0.432. The van der Waals surface area contributed by atoms with Gasteiger partial charge in [0.1, 0.15) is 0 Å². The van der Waals surface area contributed by atoms with Crippen molar-refractivity contribution in [1.29, 1.82) is 0 Å². The maximum atomic E-state index is 5.63. The monoisotopic (exact) mass is 243 g/mol. The van der Waals surface area contributed by atoms with Gasteiger partial charge < -0.3 is 15.6 Å². The number of nitrogens with zero attached hydrogens (tertiary/aromatic N) is 1. The van der Waals surface area contributed by atoms with E-state index in [1.165, 1.54) is 18.4 Å². The molecule has 1 fully saturated rings. The summed E-state index contributed by atoms with van der Waals surface area (Å²) in [6.45, 7) is 2.16. The molecule has 2 heterocycles. The lowest BCUT2D eigenvalue weighted by Crippen LogP contribution is -2.26. The van der Waals surface area contributed by atoms with Crippen LogP contribution in [0.25, 0.3) is 11.3 Å². The Kier molecular flexibility index (Phi) is 3.02. The first kappa shape index (κ1) is 11.3. The molecule has 1 aromatic heterocycles. The van der Waals surface area contributed by atoms with E-state index >= 15 is 0 Å². The van der Waals surface area contributed by atoms with Crippen LogP contribution in [0.15, 0.2) is 34.9 Å². The Labute approximate surface area is 106 Å². The first-order chi connectivity index (χ1) is 8.84. The Morgan fingerprint density at radius 1 is 1.22 bits per heavy atom. The Hall–Kier alpha value is -1.81. The number of nitrogen functional groups attached to an aromatic ring is 1. The van der Waals surface area contributed by atoms with E-state index in [1.807, 2.05) is 6.07 Å². The summed E-state index contributed by atoms with van der Waals surface area (Å²) in [7, 11) is 0. The molecule has 0 spiro atoms. The van der Waals surface area contributed by atoms with Gasteiger partial charge in [0.25, 0.3) is 0 Å². The molecule has 0 amide bonds. The van der Waals surface area contributed by atoms with Gasteiger partial charge in [-0.2, -0.15) is 0 Å². The number of nitrogens with two attached hydrogens (primary N) is 1. The van der Waals surface area contributed by atoms with Crippen LogP contribution in [0.2, 0.25) is 0 Å². The standard InChI is InChI=1S/C14H17N3O/c15-14-9-13(18-17-14)12-4-2-1-3-11(12)10-5-7-16-8-6-10/h1-4,9-10,16H,5-8H2,(H2,15,17). The van der Waals surface area contributed by atoms with Crippen LogP contribution < -0.4 is 11.1 Å². The van der Waals surface area contributed by atoms with E-state index in [0.29, 0.717) is 11.7 Å². The van der Waals surface area contributed by atoms with Crippen LogP contribution in [0.1, 0.15) is 24.3 Å². The summed E-state index contributed by atoms with van der Waals surface area (Å²) >= 11 is 0. The second kappa shape index (κ2) is 4.82. The SMILES string of the molecule is Nc1cc(-c2ccccc2C2CCNCC2)on1. The van der Waals surface area contributed by atoms with Gasteiger partial charge in [0.05, 0.1) is 0 Å². The Morgan fingerprint density at radius 2 is 2.00 bits per heavy atom. The van der Waals surface area contributed by atoms with Crippen LogP contribution in [-0.4, -0.2) is 18.2 Å². The average Bonchev–Trinajstić information content (AvgIpc) is 2.86. The third-order valence-corrected chi connectivity index (χ3v) is 3.53. The highest BCUT2D eigenvalue weighted by atomic mass is 16.5. The van der Waals surface area contributed by atoms with Crippen LogP contribution in [0.4, 0.5) is 5.82 Å². The molecule has 1 aliphatic heterocycles. The molecule has 94 valence electrons. The average molecular weight is 243 g/mol. The number of hydrogen-bond donors (Lipinski definition) is 2. The fourth-order valence-corrected chi connectivity index (χ4v) is 2.63. The van der Waals surface area contributed by atoms with E-state index in [1.54, 1.807) is 6.07 Å². The second-order valence-corrected chi connectivity index (χ2v) is 4.73. The third-order valence-electron chi connectivity index (χ3n) is 3.53. The van der Waals surface area contributed by atoms with E-state index in [2.05, 4.69) is 28.7 Å². The molecule has 0 aliphatic carbocycles. The van der Waals surface area contributed by atoms with Crippen molar-refractivity contribution in [2.75, 3.05) is 18.8 Å². The first-order valence-electron chi connectivity index (χ1n) is 6.37. The van der Waals surface area contributed by atoms with Gasteiger partial charge in [0.2, 0.25) is 0 Å². The molecule has 0 radical (unpaired) electrons. The van der Waals surface area contributed by atoms with Crippen molar-refractivity contribution in [3.8, 4) is 11.3 Å². The Balaban J connectivity index is 1.99. The fourth-order valence-electron chi connectivity index (χ4n) is 2.63. The van der Waals surface area contributed by atoms with Crippen LogP contribution in [-0.2, 0) is 0 Å². The quantitative estimate of drug-likeness (QED) is 0.850. The predicted molar refractivity (Wildman–Crippen MR) is 71.2 cm³/mol. The van der Waals surface area contributed by atoms with Crippen LogP contribution in [0.5, 0.6) is 0 Å². The van der Waals surface area contributed by atoms with Gasteiger partial charge in [-0.25, -0.2) is 0 Å². The molecule has 3 N–H and O–H groups in total. The van der Waals surface area contributed by atoms with Gasteiger partial charge >= 0.3 is 0 Å². The summed E-state index contributed by atoms with van der Waals surface area (Å²) < 4.78 is 5.29. The molecule has 18 heavy (non-hydrogen) atoms. The minimum atomic E-state index is 0.435. The largest absolute Gasteiger partial charge is 0.381 e. The van der Waals surface area contributed by atoms with E-state index in [4.69, 9.17) is 10.3 Å². The third kappa shape index (κ3) is 2.11. The van der Waals surface area contributed by atoms with Gasteiger partial charge in [-0.15, -0.1) is 0 Å². The molecule has 4 heteroatoms. The first-order valence-corrected chi connectivity index (χ1v) is 6.37. The number of aromatic nitrogens is 1. The van der Waals surface area contributed by atoms with Crippen molar-refractivity contribution >= 4 is 5.82 Å². The van der Waals surface area contributed by atoms with Crippen molar-refractivity contribution in [1.82, 2.24) is 10.5 Å². The number of anilines is 1. The molecule has 1 saturated heterocycles. The molecule has 1 aliphatic rings. The number of nitrogens with one attached hydrogen (secondary N) is 1. The normalized spacial score (nSPS) is 16.9. The zero-order chi connectivity index (χ0) is 12.4. The van der Waals surface area contributed by atoms with Gasteiger partial charge in [-0.3, -0.25) is 0 Å².